The molecule has 0 radical (unpaired) electrons. The highest BCUT2D eigenvalue weighted by molar-refractivity contribution is 5.69. The van der Waals surface area contributed by atoms with E-state index in [1.165, 1.54) is 96.3 Å². The van der Waals surface area contributed by atoms with Gasteiger partial charge in [-0.3, -0.25) is 4.79 Å². The smallest absolute Gasteiger partial charge is 0.305 e. The molecule has 0 aliphatic rings. The first-order chi connectivity index (χ1) is 31.3. The first-order valence-electron chi connectivity index (χ1n) is 25.4. The van der Waals surface area contributed by atoms with Crippen LogP contribution in [-0.2, 0) is 66.4 Å². The van der Waals surface area contributed by atoms with Crippen LogP contribution in [0.4, 0.5) is 0 Å². The molecule has 0 saturated heterocycles. The van der Waals surface area contributed by atoms with Crippen molar-refractivity contribution in [3.05, 3.63) is 0 Å². The lowest BCUT2D eigenvalue weighted by atomic mass is 10.0. The van der Waals surface area contributed by atoms with Crippen molar-refractivity contribution in [2.24, 2.45) is 0 Å². The second-order valence-electron chi connectivity index (χ2n) is 15.7. The Morgan fingerprint density at radius 3 is 0.667 bits per heavy atom. The summed E-state index contributed by atoms with van der Waals surface area (Å²) in [6.07, 6.45) is 26.9. The first kappa shape index (κ1) is 62.0. The van der Waals surface area contributed by atoms with E-state index in [0.717, 1.165) is 38.7 Å². The van der Waals surface area contributed by atoms with Gasteiger partial charge in [0.1, 0.15) is 6.61 Å². The Morgan fingerprint density at radius 1 is 0.222 bits per heavy atom. The number of unbranched alkanes of at least 4 members (excludes halogenated alkanes) is 18. The molecule has 63 heavy (non-hydrogen) atoms. The number of hydrogen-bond donors (Lipinski definition) is 0. The predicted molar refractivity (Wildman–Crippen MR) is 249 cm³/mol. The molecular weight excluding hydrogens is 813 g/mol. The molecule has 0 aliphatic carbocycles. The maximum absolute atomic E-state index is 11.6. The monoisotopic (exact) mass is 911 g/mol. The maximum Gasteiger partial charge on any atom is 0.305 e. The van der Waals surface area contributed by atoms with E-state index < -0.39 is 0 Å². The average Bonchev–Trinajstić information content (AvgIpc) is 3.29. The fraction of sp³-hybridized carbons (Fsp3) is 0.980. The molecular formula is C49H98O14. The molecule has 0 saturated carbocycles. The summed E-state index contributed by atoms with van der Waals surface area (Å²) in [4.78, 5) is 11.6. The van der Waals surface area contributed by atoms with Gasteiger partial charge in [-0.15, -0.1) is 0 Å². The van der Waals surface area contributed by atoms with Gasteiger partial charge < -0.3 is 61.6 Å². The van der Waals surface area contributed by atoms with Crippen LogP contribution in [0.3, 0.4) is 0 Å². The minimum atomic E-state index is -0.151. The third-order valence-corrected chi connectivity index (χ3v) is 9.96. The SMILES string of the molecule is CCCCCCCCCCCCCCCCCCOCCOCCOCCOCCOCCOCCOCCOCCOCCOCCOCCOCCOC(=O)CCCCCC. The Kier molecular flexibility index (Phi) is 58.1. The van der Waals surface area contributed by atoms with Gasteiger partial charge >= 0.3 is 5.97 Å². The molecule has 378 valence electrons. The number of ether oxygens (including phenoxy) is 13. The fourth-order valence-electron chi connectivity index (χ4n) is 6.26. The molecule has 0 aromatic heterocycles. The number of esters is 1. The zero-order chi connectivity index (χ0) is 45.3. The van der Waals surface area contributed by atoms with E-state index in [9.17, 15) is 4.79 Å². The molecule has 0 N–H and O–H groups in total. The van der Waals surface area contributed by atoms with Gasteiger partial charge in [-0.25, -0.2) is 0 Å². The zero-order valence-electron chi connectivity index (χ0n) is 40.7. The zero-order valence-corrected chi connectivity index (χ0v) is 40.7. The van der Waals surface area contributed by atoms with E-state index in [0.29, 0.717) is 158 Å². The second kappa shape index (κ2) is 59.0. The Labute approximate surface area is 385 Å². The predicted octanol–water partition coefficient (Wildman–Crippen LogP) is 8.96. The number of rotatable bonds is 58. The van der Waals surface area contributed by atoms with E-state index in [4.69, 9.17) is 61.6 Å². The Balaban J connectivity index is 3.08. The minimum absolute atomic E-state index is 0.151. The van der Waals surface area contributed by atoms with Crippen LogP contribution in [0.15, 0.2) is 0 Å². The van der Waals surface area contributed by atoms with Crippen molar-refractivity contribution in [1.29, 1.82) is 0 Å². The van der Waals surface area contributed by atoms with Crippen molar-refractivity contribution in [3.8, 4) is 0 Å². The summed E-state index contributed by atoms with van der Waals surface area (Å²) in [6, 6.07) is 0. The topological polar surface area (TPSA) is 137 Å². The lowest BCUT2D eigenvalue weighted by Crippen LogP contribution is -2.15. The third-order valence-electron chi connectivity index (χ3n) is 9.96. The lowest BCUT2D eigenvalue weighted by Gasteiger charge is -2.09. The van der Waals surface area contributed by atoms with Crippen LogP contribution in [-0.4, -0.2) is 171 Å². The highest BCUT2D eigenvalue weighted by Crippen LogP contribution is 2.14. The van der Waals surface area contributed by atoms with Crippen molar-refractivity contribution < 1.29 is 66.4 Å². The number of carbonyl (C=O) groups is 1. The van der Waals surface area contributed by atoms with Gasteiger partial charge in [-0.05, 0) is 12.8 Å². The molecule has 0 heterocycles. The van der Waals surface area contributed by atoms with E-state index in [2.05, 4.69) is 13.8 Å². The van der Waals surface area contributed by atoms with Gasteiger partial charge in [0.05, 0.1) is 152 Å². The lowest BCUT2D eigenvalue weighted by molar-refractivity contribution is -0.145. The fourth-order valence-corrected chi connectivity index (χ4v) is 6.26. The largest absolute Gasteiger partial charge is 0.463 e. The minimum Gasteiger partial charge on any atom is -0.463 e. The van der Waals surface area contributed by atoms with Gasteiger partial charge in [0, 0.05) is 13.0 Å². The average molecular weight is 911 g/mol. The van der Waals surface area contributed by atoms with Crippen LogP contribution in [0, 0.1) is 0 Å². The van der Waals surface area contributed by atoms with Crippen molar-refractivity contribution in [2.45, 2.75) is 149 Å². The van der Waals surface area contributed by atoms with Crippen LogP contribution in [0.25, 0.3) is 0 Å². The standard InChI is InChI=1S/C49H98O14/c1-3-5-7-9-10-11-12-13-14-15-16-17-18-19-20-22-24-51-25-26-52-27-28-53-29-30-54-31-32-55-33-34-56-35-36-57-37-38-58-39-40-59-41-42-60-43-44-61-45-46-62-47-48-63-49(50)23-21-8-6-4-2/h3-48H2,1-2H3. The summed E-state index contributed by atoms with van der Waals surface area (Å²) >= 11 is 0. The van der Waals surface area contributed by atoms with E-state index >= 15 is 0 Å². The molecule has 0 atom stereocenters. The number of carbonyl (C=O) groups excluding carboxylic acids is 1. The quantitative estimate of drug-likeness (QED) is 0.0424. The summed E-state index contributed by atoms with van der Waals surface area (Å²) in [7, 11) is 0. The molecule has 14 heteroatoms. The van der Waals surface area contributed by atoms with Crippen LogP contribution in [0.2, 0.25) is 0 Å². The van der Waals surface area contributed by atoms with Crippen LogP contribution >= 0.6 is 0 Å². The molecule has 0 aromatic carbocycles. The van der Waals surface area contributed by atoms with Crippen molar-refractivity contribution in [1.82, 2.24) is 0 Å². The van der Waals surface area contributed by atoms with Gasteiger partial charge in [-0.1, -0.05) is 129 Å². The summed E-state index contributed by atoms with van der Waals surface area (Å²) in [5.41, 5.74) is 0. The Bertz CT molecular complexity index is 827. The molecule has 14 nitrogen and oxygen atoms in total. The normalized spacial score (nSPS) is 11.6. The second-order valence-corrected chi connectivity index (χ2v) is 15.7. The highest BCUT2D eigenvalue weighted by Gasteiger charge is 2.03. The van der Waals surface area contributed by atoms with Crippen molar-refractivity contribution in [3.63, 3.8) is 0 Å². The molecule has 0 fully saturated rings. The van der Waals surface area contributed by atoms with Crippen LogP contribution < -0.4 is 0 Å². The summed E-state index contributed by atoms with van der Waals surface area (Å²) in [6.45, 7) is 17.3. The van der Waals surface area contributed by atoms with Gasteiger partial charge in [0.2, 0.25) is 0 Å². The van der Waals surface area contributed by atoms with Crippen molar-refractivity contribution >= 4 is 5.97 Å². The van der Waals surface area contributed by atoms with Gasteiger partial charge in [0.25, 0.3) is 0 Å². The molecule has 0 aromatic rings. The molecule has 0 rings (SSSR count). The molecule has 0 unspecified atom stereocenters. The Morgan fingerprint density at radius 2 is 0.413 bits per heavy atom. The highest BCUT2D eigenvalue weighted by atomic mass is 16.6. The molecule has 0 amide bonds. The van der Waals surface area contributed by atoms with E-state index in [1.807, 2.05) is 0 Å². The maximum atomic E-state index is 11.6. The summed E-state index contributed by atoms with van der Waals surface area (Å²) < 4.78 is 71.5. The first-order valence-corrected chi connectivity index (χ1v) is 25.4. The summed E-state index contributed by atoms with van der Waals surface area (Å²) in [5.74, 6) is -0.151. The molecule has 0 bridgehead atoms. The third kappa shape index (κ3) is 59.0. The summed E-state index contributed by atoms with van der Waals surface area (Å²) in [5, 5.41) is 0. The van der Waals surface area contributed by atoms with E-state index in [-0.39, 0.29) is 12.6 Å². The molecule has 0 spiro atoms. The van der Waals surface area contributed by atoms with Gasteiger partial charge in [0.15, 0.2) is 0 Å². The van der Waals surface area contributed by atoms with Crippen molar-refractivity contribution in [2.75, 3.05) is 165 Å². The molecule has 0 aliphatic heterocycles. The van der Waals surface area contributed by atoms with Crippen LogP contribution in [0.5, 0.6) is 0 Å². The Hall–Kier alpha value is -1.01. The van der Waals surface area contributed by atoms with Gasteiger partial charge in [-0.2, -0.15) is 0 Å². The van der Waals surface area contributed by atoms with E-state index in [1.54, 1.807) is 0 Å². The van der Waals surface area contributed by atoms with Crippen LogP contribution in [0.1, 0.15) is 149 Å². The number of hydrogen-bond acceptors (Lipinski definition) is 14.